The van der Waals surface area contributed by atoms with Crippen LogP contribution in [0.5, 0.6) is 5.75 Å². The average Bonchev–Trinajstić information content (AvgIpc) is 3.06. The van der Waals surface area contributed by atoms with Gasteiger partial charge in [0, 0.05) is 16.1 Å². The Kier molecular flexibility index (Phi) is 7.43. The van der Waals surface area contributed by atoms with Gasteiger partial charge in [0.25, 0.3) is 0 Å². The molecule has 1 heterocycles. The van der Waals surface area contributed by atoms with E-state index in [1.54, 1.807) is 6.92 Å². The molecule has 0 saturated heterocycles. The van der Waals surface area contributed by atoms with Crippen LogP contribution in [0.1, 0.15) is 29.1 Å². The monoisotopic (exact) mass is 440 g/mol. The number of anilines is 2. The largest absolute Gasteiger partial charge is 0.494 e. The van der Waals surface area contributed by atoms with Crippen molar-refractivity contribution >= 4 is 45.3 Å². The fraction of sp³-hybridized carbons (Fsp3) is 0.217. The quantitative estimate of drug-likeness (QED) is 0.342. The molecule has 7 heteroatoms. The zero-order chi connectivity index (χ0) is 21.5. The van der Waals surface area contributed by atoms with Gasteiger partial charge >= 0.3 is 5.97 Å². The summed E-state index contributed by atoms with van der Waals surface area (Å²) < 4.78 is 10.8. The second-order valence-corrected chi connectivity index (χ2v) is 7.99. The number of hydrogen-bond acceptors (Lipinski definition) is 5. The van der Waals surface area contributed by atoms with Gasteiger partial charge in [-0.05, 0) is 62.8 Å². The normalized spacial score (nSPS) is 10.4. The number of aryl methyl sites for hydroxylation is 1. The van der Waals surface area contributed by atoms with Gasteiger partial charge in [0.1, 0.15) is 16.3 Å². The summed E-state index contributed by atoms with van der Waals surface area (Å²) in [5.41, 5.74) is 3.16. The highest BCUT2D eigenvalue weighted by molar-refractivity contribution is 7.80. The maximum atomic E-state index is 12.8. The molecule has 0 aliphatic carbocycles. The van der Waals surface area contributed by atoms with E-state index in [0.29, 0.717) is 28.9 Å². The van der Waals surface area contributed by atoms with E-state index >= 15 is 0 Å². The molecule has 0 spiro atoms. The Balaban J connectivity index is 1.86. The molecule has 156 valence electrons. The first-order valence-corrected chi connectivity index (χ1v) is 10.9. The molecular weight excluding hydrogens is 416 g/mol. The van der Waals surface area contributed by atoms with Crippen molar-refractivity contribution in [3.05, 3.63) is 65.0 Å². The fourth-order valence-corrected chi connectivity index (χ4v) is 4.40. The highest BCUT2D eigenvalue weighted by atomic mass is 32.1. The topological polar surface area (TPSA) is 59.6 Å². The Hall–Kier alpha value is -2.90. The van der Waals surface area contributed by atoms with Crippen molar-refractivity contribution in [2.45, 2.75) is 20.8 Å². The summed E-state index contributed by atoms with van der Waals surface area (Å²) in [7, 11) is 0. The van der Waals surface area contributed by atoms with E-state index < -0.39 is 0 Å². The van der Waals surface area contributed by atoms with Crippen LogP contribution in [-0.4, -0.2) is 24.3 Å². The number of ether oxygens (including phenoxy) is 2. The number of esters is 1. The lowest BCUT2D eigenvalue weighted by atomic mass is 10.0. The molecular formula is C23H24N2O3S2. The van der Waals surface area contributed by atoms with Crippen molar-refractivity contribution in [2.75, 3.05) is 23.8 Å². The zero-order valence-corrected chi connectivity index (χ0v) is 18.8. The Morgan fingerprint density at radius 2 is 1.70 bits per heavy atom. The molecule has 0 aliphatic heterocycles. The zero-order valence-electron chi connectivity index (χ0n) is 17.2. The average molecular weight is 441 g/mol. The lowest BCUT2D eigenvalue weighted by Gasteiger charge is -2.12. The number of benzene rings is 2. The van der Waals surface area contributed by atoms with Crippen LogP contribution in [0.4, 0.5) is 10.7 Å². The maximum absolute atomic E-state index is 12.8. The Morgan fingerprint density at radius 1 is 1.00 bits per heavy atom. The molecule has 3 aromatic rings. The third-order valence-corrected chi connectivity index (χ3v) is 5.50. The third-order valence-electron chi connectivity index (χ3n) is 4.28. The molecule has 2 N–H and O–H groups in total. The van der Waals surface area contributed by atoms with E-state index in [4.69, 9.17) is 21.7 Å². The van der Waals surface area contributed by atoms with Crippen molar-refractivity contribution in [3.8, 4) is 16.9 Å². The van der Waals surface area contributed by atoms with Crippen molar-refractivity contribution in [2.24, 2.45) is 0 Å². The number of rotatable bonds is 7. The molecule has 2 aromatic carbocycles. The number of nitrogens with one attached hydrogen (secondary N) is 2. The summed E-state index contributed by atoms with van der Waals surface area (Å²) in [6, 6.07) is 17.3. The molecule has 5 nitrogen and oxygen atoms in total. The van der Waals surface area contributed by atoms with Crippen LogP contribution in [0.2, 0.25) is 0 Å². The van der Waals surface area contributed by atoms with Crippen molar-refractivity contribution in [1.29, 1.82) is 0 Å². The molecule has 0 unspecified atom stereocenters. The van der Waals surface area contributed by atoms with Gasteiger partial charge < -0.3 is 20.1 Å². The van der Waals surface area contributed by atoms with Gasteiger partial charge in [-0.15, -0.1) is 11.3 Å². The molecule has 0 atom stereocenters. The van der Waals surface area contributed by atoms with Crippen molar-refractivity contribution in [1.82, 2.24) is 0 Å². The SMILES string of the molecule is CCOC(=O)c1c(NC(=S)Nc2ccc(OCC)cc2)sc(C)c1-c1ccccc1. The van der Waals surface area contributed by atoms with E-state index in [1.807, 2.05) is 68.4 Å². The Labute approximate surface area is 186 Å². The predicted octanol–water partition coefficient (Wildman–Crippen LogP) is 6.11. The van der Waals surface area contributed by atoms with Gasteiger partial charge in [0.2, 0.25) is 0 Å². The predicted molar refractivity (Wildman–Crippen MR) is 128 cm³/mol. The van der Waals surface area contributed by atoms with Gasteiger partial charge in [0.05, 0.1) is 13.2 Å². The summed E-state index contributed by atoms with van der Waals surface area (Å²) in [5.74, 6) is 0.431. The Morgan fingerprint density at radius 3 is 2.33 bits per heavy atom. The van der Waals surface area contributed by atoms with Gasteiger partial charge in [0.15, 0.2) is 5.11 Å². The Bertz CT molecular complexity index is 1010. The van der Waals surface area contributed by atoms with Crippen LogP contribution < -0.4 is 15.4 Å². The van der Waals surface area contributed by atoms with Crippen LogP contribution in [0.15, 0.2) is 54.6 Å². The summed E-state index contributed by atoms with van der Waals surface area (Å²) in [4.78, 5) is 13.8. The van der Waals surface area contributed by atoms with Crippen LogP contribution in [0.3, 0.4) is 0 Å². The third kappa shape index (κ3) is 5.17. The fourth-order valence-electron chi connectivity index (χ4n) is 3.05. The van der Waals surface area contributed by atoms with Gasteiger partial charge in [-0.1, -0.05) is 30.3 Å². The van der Waals surface area contributed by atoms with E-state index in [1.165, 1.54) is 11.3 Å². The number of carbonyl (C=O) groups is 1. The molecule has 3 rings (SSSR count). The molecule has 0 fully saturated rings. The molecule has 0 bridgehead atoms. The first-order valence-electron chi connectivity index (χ1n) is 9.70. The molecule has 0 amide bonds. The van der Waals surface area contributed by atoms with Gasteiger partial charge in [-0.3, -0.25) is 0 Å². The molecule has 0 saturated carbocycles. The van der Waals surface area contributed by atoms with Crippen molar-refractivity contribution < 1.29 is 14.3 Å². The second-order valence-electron chi connectivity index (χ2n) is 6.36. The highest BCUT2D eigenvalue weighted by Gasteiger charge is 2.24. The minimum Gasteiger partial charge on any atom is -0.494 e. The number of hydrogen-bond donors (Lipinski definition) is 2. The van der Waals surface area contributed by atoms with Crippen molar-refractivity contribution in [3.63, 3.8) is 0 Å². The second kappa shape index (κ2) is 10.2. The minimum absolute atomic E-state index is 0.302. The number of thiocarbonyl (C=S) groups is 1. The van der Waals surface area contributed by atoms with Crippen LogP contribution >= 0.6 is 23.6 Å². The van der Waals surface area contributed by atoms with E-state index in [2.05, 4.69) is 10.6 Å². The maximum Gasteiger partial charge on any atom is 0.341 e. The smallest absolute Gasteiger partial charge is 0.341 e. The first-order chi connectivity index (χ1) is 14.5. The molecule has 0 aliphatic rings. The summed E-state index contributed by atoms with van der Waals surface area (Å²) >= 11 is 6.96. The molecule has 0 radical (unpaired) electrons. The first kappa shape index (κ1) is 21.8. The van der Waals surface area contributed by atoms with E-state index in [-0.39, 0.29) is 5.97 Å². The highest BCUT2D eigenvalue weighted by Crippen LogP contribution is 2.40. The number of thiophene rings is 1. The van der Waals surface area contributed by atoms with E-state index in [0.717, 1.165) is 27.4 Å². The minimum atomic E-state index is -0.368. The summed E-state index contributed by atoms with van der Waals surface area (Å²) in [5, 5.41) is 7.38. The molecule has 1 aromatic heterocycles. The standard InChI is InChI=1S/C23H24N2O3S2/c1-4-27-18-13-11-17(12-14-18)24-23(29)25-21-20(22(26)28-5-2)19(15(3)30-21)16-9-7-6-8-10-16/h6-14H,4-5H2,1-3H3,(H2,24,25,29). The van der Waals surface area contributed by atoms with E-state index in [9.17, 15) is 4.79 Å². The lowest BCUT2D eigenvalue weighted by molar-refractivity contribution is 0.0529. The summed E-state index contributed by atoms with van der Waals surface area (Å²) in [6.45, 7) is 6.65. The summed E-state index contributed by atoms with van der Waals surface area (Å²) in [6.07, 6.45) is 0. The number of carbonyl (C=O) groups excluding carboxylic acids is 1. The van der Waals surface area contributed by atoms with Crippen LogP contribution in [0, 0.1) is 6.92 Å². The van der Waals surface area contributed by atoms with Crippen LogP contribution in [-0.2, 0) is 4.74 Å². The molecule has 30 heavy (non-hydrogen) atoms. The van der Waals surface area contributed by atoms with Gasteiger partial charge in [-0.25, -0.2) is 4.79 Å². The van der Waals surface area contributed by atoms with Gasteiger partial charge in [-0.2, -0.15) is 0 Å². The lowest BCUT2D eigenvalue weighted by Crippen LogP contribution is -2.20. The van der Waals surface area contributed by atoms with Crippen LogP contribution in [0.25, 0.3) is 11.1 Å².